The Labute approximate surface area is 202 Å². The van der Waals surface area contributed by atoms with E-state index in [1.165, 1.54) is 0 Å². The average Bonchev–Trinajstić information content (AvgIpc) is 2.76. The molecule has 2 aromatic rings. The van der Waals surface area contributed by atoms with Gasteiger partial charge in [-0.2, -0.15) is 0 Å². The maximum absolute atomic E-state index is 12.4. The highest BCUT2D eigenvalue weighted by molar-refractivity contribution is 7.80. The zero-order valence-corrected chi connectivity index (χ0v) is 20.1. The van der Waals surface area contributed by atoms with E-state index in [1.54, 1.807) is 42.5 Å². The van der Waals surface area contributed by atoms with Crippen LogP contribution in [0.1, 0.15) is 43.5 Å². The minimum Gasteiger partial charge on any atom is -0.492 e. The fourth-order valence-corrected chi connectivity index (χ4v) is 3.04. The molecule has 0 aromatic heterocycles. The Bertz CT molecular complexity index is 959. The van der Waals surface area contributed by atoms with Gasteiger partial charge in [0.05, 0.1) is 17.7 Å². The van der Waals surface area contributed by atoms with Crippen LogP contribution in [0.2, 0.25) is 10.0 Å². The number of thiocarbonyl (C=S) groups is 1. The number of hydrogen-bond acceptors (Lipinski definition) is 5. The second-order valence-electron chi connectivity index (χ2n) is 6.85. The first-order valence-electron chi connectivity index (χ1n) is 10.0. The standard InChI is InChI=1S/C22H25Cl2N3O4S/c1-3-14(2)31-17-7-4-6-15(12-17)21(29)25-22(32)27-26-20(28)8-5-11-30-19-10-9-16(23)13-18(19)24/h4,6-7,9-10,12-14H,3,5,8,11H2,1-2H3,(H,26,28)(H2,25,27,29,32). The molecule has 0 saturated carbocycles. The average molecular weight is 498 g/mol. The Morgan fingerprint density at radius 1 is 1.12 bits per heavy atom. The first kappa shape index (κ1) is 25.7. The molecule has 3 N–H and O–H groups in total. The molecule has 2 amide bonds. The number of rotatable bonds is 9. The van der Waals surface area contributed by atoms with Crippen molar-refractivity contribution in [2.45, 2.75) is 39.2 Å². The summed E-state index contributed by atoms with van der Waals surface area (Å²) in [7, 11) is 0. The Hall–Kier alpha value is -2.55. The van der Waals surface area contributed by atoms with Crippen LogP contribution in [0.5, 0.6) is 11.5 Å². The third-order valence-corrected chi connectivity index (χ3v) is 4.99. The number of ether oxygens (including phenoxy) is 2. The lowest BCUT2D eigenvalue weighted by molar-refractivity contribution is -0.121. The molecule has 10 heteroatoms. The molecule has 2 aromatic carbocycles. The molecule has 0 fully saturated rings. The summed E-state index contributed by atoms with van der Waals surface area (Å²) in [6, 6.07) is 11.7. The molecule has 0 spiro atoms. The van der Waals surface area contributed by atoms with Crippen molar-refractivity contribution in [2.24, 2.45) is 0 Å². The first-order valence-corrected chi connectivity index (χ1v) is 11.2. The van der Waals surface area contributed by atoms with Crippen LogP contribution in [0.3, 0.4) is 0 Å². The molecule has 1 atom stereocenters. The van der Waals surface area contributed by atoms with Gasteiger partial charge in [-0.3, -0.25) is 25.8 Å². The van der Waals surface area contributed by atoms with Gasteiger partial charge in [0.2, 0.25) is 5.91 Å². The molecular weight excluding hydrogens is 473 g/mol. The fraction of sp³-hybridized carbons (Fsp3) is 0.318. The van der Waals surface area contributed by atoms with E-state index >= 15 is 0 Å². The number of benzene rings is 2. The lowest BCUT2D eigenvalue weighted by atomic mass is 10.2. The highest BCUT2D eigenvalue weighted by atomic mass is 35.5. The van der Waals surface area contributed by atoms with Crippen LogP contribution >= 0.6 is 35.4 Å². The highest BCUT2D eigenvalue weighted by Gasteiger charge is 2.11. The van der Waals surface area contributed by atoms with E-state index in [0.29, 0.717) is 40.1 Å². The van der Waals surface area contributed by atoms with Gasteiger partial charge in [-0.1, -0.05) is 36.2 Å². The van der Waals surface area contributed by atoms with Gasteiger partial charge >= 0.3 is 0 Å². The van der Waals surface area contributed by atoms with E-state index in [4.69, 9.17) is 44.9 Å². The number of carbonyl (C=O) groups is 2. The summed E-state index contributed by atoms with van der Waals surface area (Å²) < 4.78 is 11.2. The Kier molecular flexibility index (Phi) is 10.5. The van der Waals surface area contributed by atoms with Gasteiger partial charge in [-0.25, -0.2) is 0 Å². The predicted molar refractivity (Wildman–Crippen MR) is 129 cm³/mol. The SMILES string of the molecule is CCC(C)Oc1cccc(C(=O)NC(=S)NNC(=O)CCCOc2ccc(Cl)cc2Cl)c1. The molecule has 2 rings (SSSR count). The number of hydrazine groups is 1. The van der Waals surface area contributed by atoms with E-state index < -0.39 is 5.91 Å². The van der Waals surface area contributed by atoms with E-state index in [0.717, 1.165) is 6.42 Å². The van der Waals surface area contributed by atoms with Crippen molar-refractivity contribution in [3.8, 4) is 11.5 Å². The summed E-state index contributed by atoms with van der Waals surface area (Å²) in [4.78, 5) is 24.3. The molecule has 1 unspecified atom stereocenters. The van der Waals surface area contributed by atoms with Crippen molar-refractivity contribution >= 4 is 52.3 Å². The Balaban J connectivity index is 1.69. The summed E-state index contributed by atoms with van der Waals surface area (Å²) in [6.07, 6.45) is 1.53. The monoisotopic (exact) mass is 497 g/mol. The zero-order valence-electron chi connectivity index (χ0n) is 17.7. The van der Waals surface area contributed by atoms with Crippen molar-refractivity contribution < 1.29 is 19.1 Å². The summed E-state index contributed by atoms with van der Waals surface area (Å²) in [5.74, 6) is 0.370. The van der Waals surface area contributed by atoms with Gasteiger partial charge in [-0.15, -0.1) is 0 Å². The highest BCUT2D eigenvalue weighted by Crippen LogP contribution is 2.27. The van der Waals surface area contributed by atoms with E-state index in [2.05, 4.69) is 16.2 Å². The minimum absolute atomic E-state index is 0.0270. The molecule has 0 aliphatic heterocycles. The normalized spacial score (nSPS) is 11.2. The van der Waals surface area contributed by atoms with Crippen molar-refractivity contribution in [3.05, 3.63) is 58.1 Å². The van der Waals surface area contributed by atoms with Crippen LogP contribution in [0.25, 0.3) is 0 Å². The topological polar surface area (TPSA) is 88.7 Å². The van der Waals surface area contributed by atoms with E-state index in [9.17, 15) is 9.59 Å². The number of hydrogen-bond donors (Lipinski definition) is 3. The number of carbonyl (C=O) groups excluding carboxylic acids is 2. The molecule has 0 bridgehead atoms. The maximum Gasteiger partial charge on any atom is 0.257 e. The Morgan fingerprint density at radius 2 is 1.91 bits per heavy atom. The third kappa shape index (κ3) is 8.90. The van der Waals surface area contributed by atoms with Crippen molar-refractivity contribution in [2.75, 3.05) is 6.61 Å². The van der Waals surface area contributed by atoms with Crippen LogP contribution in [0, 0.1) is 0 Å². The van der Waals surface area contributed by atoms with Crippen molar-refractivity contribution in [3.63, 3.8) is 0 Å². The second-order valence-corrected chi connectivity index (χ2v) is 8.10. The molecule has 0 aliphatic carbocycles. The van der Waals surface area contributed by atoms with Gasteiger partial charge < -0.3 is 9.47 Å². The van der Waals surface area contributed by atoms with Crippen LogP contribution in [0.15, 0.2) is 42.5 Å². The van der Waals surface area contributed by atoms with Gasteiger partial charge in [0.25, 0.3) is 5.91 Å². The number of nitrogens with one attached hydrogen (secondary N) is 3. The molecule has 0 saturated heterocycles. The molecule has 32 heavy (non-hydrogen) atoms. The summed E-state index contributed by atoms with van der Waals surface area (Å²) in [6.45, 7) is 4.26. The van der Waals surface area contributed by atoms with Crippen LogP contribution in [0.4, 0.5) is 0 Å². The predicted octanol–water partition coefficient (Wildman–Crippen LogP) is 4.67. The van der Waals surface area contributed by atoms with E-state index in [1.807, 2.05) is 13.8 Å². The molecule has 0 aliphatic rings. The van der Waals surface area contributed by atoms with Gasteiger partial charge in [-0.05, 0) is 68.4 Å². The molecule has 0 radical (unpaired) electrons. The molecule has 7 nitrogen and oxygen atoms in total. The van der Waals surface area contributed by atoms with E-state index in [-0.39, 0.29) is 23.5 Å². The molecule has 0 heterocycles. The summed E-state index contributed by atoms with van der Waals surface area (Å²) in [5, 5.41) is 3.40. The second kappa shape index (κ2) is 13.1. The molecular formula is C22H25Cl2N3O4S. The summed E-state index contributed by atoms with van der Waals surface area (Å²) in [5.41, 5.74) is 5.33. The number of halogens is 2. The molecule has 172 valence electrons. The lowest BCUT2D eigenvalue weighted by Gasteiger charge is -2.14. The Morgan fingerprint density at radius 3 is 2.62 bits per heavy atom. The first-order chi connectivity index (χ1) is 15.3. The largest absolute Gasteiger partial charge is 0.492 e. The quantitative estimate of drug-likeness (QED) is 0.265. The number of amides is 2. The lowest BCUT2D eigenvalue weighted by Crippen LogP contribution is -2.48. The minimum atomic E-state index is -0.417. The van der Waals surface area contributed by atoms with Crippen LogP contribution in [-0.2, 0) is 4.79 Å². The van der Waals surface area contributed by atoms with Gasteiger partial charge in [0.1, 0.15) is 11.5 Å². The maximum atomic E-state index is 12.4. The third-order valence-electron chi connectivity index (χ3n) is 4.25. The van der Waals surface area contributed by atoms with Gasteiger partial charge in [0.15, 0.2) is 5.11 Å². The summed E-state index contributed by atoms with van der Waals surface area (Å²) >= 11 is 16.9. The fourth-order valence-electron chi connectivity index (χ4n) is 2.43. The van der Waals surface area contributed by atoms with Crippen molar-refractivity contribution in [1.29, 1.82) is 0 Å². The van der Waals surface area contributed by atoms with Crippen molar-refractivity contribution in [1.82, 2.24) is 16.2 Å². The van der Waals surface area contributed by atoms with Crippen LogP contribution in [-0.4, -0.2) is 29.6 Å². The zero-order chi connectivity index (χ0) is 23.5. The smallest absolute Gasteiger partial charge is 0.257 e. The van der Waals surface area contributed by atoms with Crippen LogP contribution < -0.4 is 25.6 Å². The van der Waals surface area contributed by atoms with Gasteiger partial charge in [0, 0.05) is 17.0 Å².